The van der Waals surface area contributed by atoms with Crippen LogP contribution in [0.15, 0.2) is 39.4 Å². The van der Waals surface area contributed by atoms with Gasteiger partial charge in [0.05, 0.1) is 10.0 Å². The lowest BCUT2D eigenvalue weighted by Gasteiger charge is -2.10. The first-order valence-corrected chi connectivity index (χ1v) is 6.95. The highest BCUT2D eigenvalue weighted by atomic mass is 79.9. The van der Waals surface area contributed by atoms with Crippen LogP contribution in [0.1, 0.15) is 17.3 Å². The Bertz CT molecular complexity index is 645. The first-order valence-electron chi connectivity index (χ1n) is 5.36. The fourth-order valence-electron chi connectivity index (χ4n) is 1.49. The topological polar surface area (TPSA) is 65.2 Å². The Kier molecular flexibility index (Phi) is 4.21. The molecule has 0 unspecified atom stereocenters. The summed E-state index contributed by atoms with van der Waals surface area (Å²) in [5, 5.41) is 0. The van der Waals surface area contributed by atoms with Crippen molar-refractivity contribution in [1.29, 1.82) is 0 Å². The van der Waals surface area contributed by atoms with Gasteiger partial charge >= 0.3 is 0 Å². The summed E-state index contributed by atoms with van der Waals surface area (Å²) in [6, 6.07) is 6.73. The summed E-state index contributed by atoms with van der Waals surface area (Å²) >= 11 is 6.66. The number of hydrogen-bond donors (Lipinski definition) is 1. The van der Waals surface area contributed by atoms with Crippen LogP contribution in [-0.2, 0) is 0 Å². The molecule has 19 heavy (non-hydrogen) atoms. The van der Waals surface area contributed by atoms with Gasteiger partial charge in [0.2, 0.25) is 5.88 Å². The Labute approximate surface area is 127 Å². The van der Waals surface area contributed by atoms with Crippen molar-refractivity contribution in [2.24, 2.45) is 0 Å². The molecule has 2 rings (SSSR count). The van der Waals surface area contributed by atoms with E-state index in [0.29, 0.717) is 27.4 Å². The number of ether oxygens (including phenoxy) is 1. The van der Waals surface area contributed by atoms with E-state index >= 15 is 0 Å². The summed E-state index contributed by atoms with van der Waals surface area (Å²) in [5.41, 5.74) is 6.61. The largest absolute Gasteiger partial charge is 0.437 e. The number of halogens is 2. The van der Waals surface area contributed by atoms with Crippen LogP contribution in [0.2, 0.25) is 0 Å². The molecular weight excluding hydrogens is 376 g/mol. The van der Waals surface area contributed by atoms with Gasteiger partial charge in [-0.3, -0.25) is 4.79 Å². The van der Waals surface area contributed by atoms with E-state index in [1.165, 1.54) is 6.92 Å². The second-order valence-electron chi connectivity index (χ2n) is 3.85. The molecule has 0 aliphatic heterocycles. The number of carbonyl (C=O) groups excluding carboxylic acids is 1. The van der Waals surface area contributed by atoms with Crippen molar-refractivity contribution >= 4 is 43.3 Å². The average Bonchev–Trinajstić information content (AvgIpc) is 2.34. The molecule has 1 aromatic heterocycles. The zero-order valence-corrected chi connectivity index (χ0v) is 13.2. The molecule has 4 nitrogen and oxygen atoms in total. The van der Waals surface area contributed by atoms with Gasteiger partial charge in [0.1, 0.15) is 5.75 Å². The highest BCUT2D eigenvalue weighted by Gasteiger charge is 2.12. The number of nitrogens with two attached hydrogens (primary N) is 1. The van der Waals surface area contributed by atoms with Gasteiger partial charge in [-0.25, -0.2) is 4.98 Å². The lowest BCUT2D eigenvalue weighted by molar-refractivity contribution is 0.101. The Morgan fingerprint density at radius 2 is 2.05 bits per heavy atom. The van der Waals surface area contributed by atoms with Crippen molar-refractivity contribution in [2.45, 2.75) is 6.92 Å². The maximum atomic E-state index is 11.6. The van der Waals surface area contributed by atoms with Crippen LogP contribution >= 0.6 is 31.9 Å². The van der Waals surface area contributed by atoms with Crippen molar-refractivity contribution in [3.63, 3.8) is 0 Å². The molecule has 6 heteroatoms. The molecule has 0 radical (unpaired) electrons. The summed E-state index contributed by atoms with van der Waals surface area (Å²) in [4.78, 5) is 15.7. The predicted octanol–water partition coefficient (Wildman–Crippen LogP) is 4.18. The number of Topliss-reactive ketones (excluding diaryl/α,β-unsaturated/α-hetero) is 1. The van der Waals surface area contributed by atoms with E-state index in [-0.39, 0.29) is 5.78 Å². The Balaban J connectivity index is 2.40. The number of nitrogens with zero attached hydrogens (tertiary/aromatic N) is 1. The van der Waals surface area contributed by atoms with Gasteiger partial charge in [0.25, 0.3) is 0 Å². The molecule has 1 heterocycles. The number of rotatable bonds is 3. The van der Waals surface area contributed by atoms with Crippen LogP contribution in [0.3, 0.4) is 0 Å². The third-order valence-corrected chi connectivity index (χ3v) is 3.37. The van der Waals surface area contributed by atoms with E-state index in [1.54, 1.807) is 24.4 Å². The molecule has 98 valence electrons. The molecule has 1 aromatic carbocycles. The summed E-state index contributed by atoms with van der Waals surface area (Å²) < 4.78 is 7.17. The molecule has 0 bridgehead atoms. The Morgan fingerprint density at radius 3 is 2.68 bits per heavy atom. The third kappa shape index (κ3) is 3.33. The molecule has 0 fully saturated rings. The fraction of sp³-hybridized carbons (Fsp3) is 0.0769. The zero-order chi connectivity index (χ0) is 14.0. The molecule has 2 aromatic rings. The monoisotopic (exact) mass is 384 g/mol. The minimum Gasteiger partial charge on any atom is -0.437 e. The number of hydrogen-bond acceptors (Lipinski definition) is 4. The smallest absolute Gasteiger partial charge is 0.233 e. The van der Waals surface area contributed by atoms with Crippen LogP contribution < -0.4 is 10.5 Å². The second kappa shape index (κ2) is 5.71. The van der Waals surface area contributed by atoms with Crippen LogP contribution in [-0.4, -0.2) is 10.8 Å². The number of carbonyl (C=O) groups is 1. The van der Waals surface area contributed by atoms with Crippen LogP contribution in [0.5, 0.6) is 11.6 Å². The SMILES string of the molecule is CC(=O)c1cc(N)ccc1Oc1ncc(Br)cc1Br. The van der Waals surface area contributed by atoms with Gasteiger partial charge in [-0.05, 0) is 63.0 Å². The van der Waals surface area contributed by atoms with Gasteiger partial charge in [-0.1, -0.05) is 0 Å². The predicted molar refractivity (Wildman–Crippen MR) is 80.6 cm³/mol. The minimum absolute atomic E-state index is 0.115. The molecule has 0 aliphatic carbocycles. The number of benzene rings is 1. The van der Waals surface area contributed by atoms with E-state index in [1.807, 2.05) is 6.07 Å². The van der Waals surface area contributed by atoms with Gasteiger partial charge in [-0.2, -0.15) is 0 Å². The molecule has 0 atom stereocenters. The molecule has 0 spiro atoms. The van der Waals surface area contributed by atoms with E-state index in [0.717, 1.165) is 4.47 Å². The van der Waals surface area contributed by atoms with Gasteiger partial charge in [0, 0.05) is 16.4 Å². The highest BCUT2D eigenvalue weighted by molar-refractivity contribution is 9.11. The normalized spacial score (nSPS) is 10.3. The van der Waals surface area contributed by atoms with Crippen molar-refractivity contribution in [1.82, 2.24) is 4.98 Å². The van der Waals surface area contributed by atoms with E-state index in [4.69, 9.17) is 10.5 Å². The average molecular weight is 386 g/mol. The first kappa shape index (κ1) is 14.0. The summed E-state index contributed by atoms with van der Waals surface area (Å²) in [6.45, 7) is 1.46. The van der Waals surface area contributed by atoms with Crippen LogP contribution in [0.25, 0.3) is 0 Å². The van der Waals surface area contributed by atoms with Crippen LogP contribution in [0, 0.1) is 0 Å². The van der Waals surface area contributed by atoms with Crippen molar-refractivity contribution in [2.75, 3.05) is 5.73 Å². The number of ketones is 1. The zero-order valence-electron chi connectivity index (χ0n) is 9.98. The Hall–Kier alpha value is -1.40. The molecular formula is C13H10Br2N2O2. The summed E-state index contributed by atoms with van der Waals surface area (Å²) in [7, 11) is 0. The van der Waals surface area contributed by atoms with Crippen molar-refractivity contribution in [3.05, 3.63) is 45.0 Å². The second-order valence-corrected chi connectivity index (χ2v) is 5.62. The third-order valence-electron chi connectivity index (χ3n) is 2.36. The van der Waals surface area contributed by atoms with Crippen molar-refractivity contribution in [3.8, 4) is 11.6 Å². The van der Waals surface area contributed by atoms with Crippen molar-refractivity contribution < 1.29 is 9.53 Å². The summed E-state index contributed by atoms with van der Waals surface area (Å²) in [5.74, 6) is 0.697. The summed E-state index contributed by atoms with van der Waals surface area (Å²) in [6.07, 6.45) is 1.62. The van der Waals surface area contributed by atoms with Crippen LogP contribution in [0.4, 0.5) is 5.69 Å². The molecule has 0 saturated heterocycles. The standard InChI is InChI=1S/C13H10Br2N2O2/c1-7(18)10-5-9(16)2-3-12(10)19-13-11(15)4-8(14)6-17-13/h2-6H,16H2,1H3. The first-order chi connectivity index (χ1) is 8.97. The van der Waals surface area contributed by atoms with Gasteiger partial charge in [0.15, 0.2) is 5.78 Å². The fourth-order valence-corrected chi connectivity index (χ4v) is 2.56. The number of aromatic nitrogens is 1. The maximum absolute atomic E-state index is 11.6. The number of anilines is 1. The van der Waals surface area contributed by atoms with Gasteiger partial charge < -0.3 is 10.5 Å². The molecule has 0 amide bonds. The lowest BCUT2D eigenvalue weighted by Crippen LogP contribution is -2.00. The number of nitrogen functional groups attached to an aromatic ring is 1. The Morgan fingerprint density at radius 1 is 1.32 bits per heavy atom. The van der Waals surface area contributed by atoms with E-state index < -0.39 is 0 Å². The molecule has 0 saturated carbocycles. The van der Waals surface area contributed by atoms with E-state index in [9.17, 15) is 4.79 Å². The minimum atomic E-state index is -0.115. The molecule has 2 N–H and O–H groups in total. The quantitative estimate of drug-likeness (QED) is 0.635. The van der Waals surface area contributed by atoms with Gasteiger partial charge in [-0.15, -0.1) is 0 Å². The maximum Gasteiger partial charge on any atom is 0.233 e. The number of pyridine rings is 1. The highest BCUT2D eigenvalue weighted by Crippen LogP contribution is 2.32. The molecule has 0 aliphatic rings. The van der Waals surface area contributed by atoms with E-state index in [2.05, 4.69) is 36.8 Å². The lowest BCUT2D eigenvalue weighted by atomic mass is 10.1.